The summed E-state index contributed by atoms with van der Waals surface area (Å²) in [4.78, 5) is 0. The SMILES string of the molecule is CC(O)C#CC1(O)CCCCC1C. The molecular formula is C11H18O2. The van der Waals surface area contributed by atoms with E-state index in [0.29, 0.717) is 0 Å². The topological polar surface area (TPSA) is 40.5 Å². The largest absolute Gasteiger partial charge is 0.381 e. The predicted molar refractivity (Wildman–Crippen MR) is 52.0 cm³/mol. The highest BCUT2D eigenvalue weighted by atomic mass is 16.3. The standard InChI is InChI=1S/C11H18O2/c1-9-5-3-4-7-11(9,13)8-6-10(2)12/h9-10,12-13H,3-5,7H2,1-2H3. The van der Waals surface area contributed by atoms with Gasteiger partial charge in [-0.05, 0) is 32.1 Å². The average Bonchev–Trinajstić information content (AvgIpc) is 2.07. The van der Waals surface area contributed by atoms with E-state index in [1.54, 1.807) is 6.92 Å². The van der Waals surface area contributed by atoms with Crippen LogP contribution in [0.25, 0.3) is 0 Å². The zero-order chi connectivity index (χ0) is 9.90. The van der Waals surface area contributed by atoms with Crippen molar-refractivity contribution in [2.75, 3.05) is 0 Å². The van der Waals surface area contributed by atoms with Crippen LogP contribution in [0.4, 0.5) is 0 Å². The smallest absolute Gasteiger partial charge is 0.128 e. The Labute approximate surface area is 80.0 Å². The third kappa shape index (κ3) is 2.72. The Morgan fingerprint density at radius 3 is 2.69 bits per heavy atom. The second kappa shape index (κ2) is 4.13. The first-order chi connectivity index (χ1) is 6.04. The molecule has 1 saturated carbocycles. The summed E-state index contributed by atoms with van der Waals surface area (Å²) in [5.41, 5.74) is -0.852. The van der Waals surface area contributed by atoms with Crippen molar-refractivity contribution in [3.05, 3.63) is 0 Å². The van der Waals surface area contributed by atoms with Crippen LogP contribution in [-0.2, 0) is 0 Å². The van der Waals surface area contributed by atoms with E-state index >= 15 is 0 Å². The molecule has 0 radical (unpaired) electrons. The molecule has 74 valence electrons. The molecule has 0 aliphatic heterocycles. The van der Waals surface area contributed by atoms with Gasteiger partial charge in [-0.15, -0.1) is 0 Å². The maximum Gasteiger partial charge on any atom is 0.128 e. The van der Waals surface area contributed by atoms with Crippen molar-refractivity contribution in [3.8, 4) is 11.8 Å². The molecule has 0 saturated heterocycles. The van der Waals surface area contributed by atoms with E-state index in [9.17, 15) is 5.11 Å². The zero-order valence-electron chi connectivity index (χ0n) is 8.38. The molecule has 3 unspecified atom stereocenters. The fourth-order valence-corrected chi connectivity index (χ4v) is 1.75. The fourth-order valence-electron chi connectivity index (χ4n) is 1.75. The predicted octanol–water partition coefficient (Wildman–Crippen LogP) is 1.31. The first-order valence-corrected chi connectivity index (χ1v) is 4.98. The summed E-state index contributed by atoms with van der Waals surface area (Å²) in [6.07, 6.45) is 3.35. The Bertz CT molecular complexity index is 224. The Kier molecular flexibility index (Phi) is 3.35. The van der Waals surface area contributed by atoms with Crippen molar-refractivity contribution in [1.82, 2.24) is 0 Å². The van der Waals surface area contributed by atoms with Gasteiger partial charge in [-0.3, -0.25) is 0 Å². The van der Waals surface area contributed by atoms with Gasteiger partial charge in [-0.2, -0.15) is 0 Å². The lowest BCUT2D eigenvalue weighted by Crippen LogP contribution is -2.37. The summed E-state index contributed by atoms with van der Waals surface area (Å²) in [6, 6.07) is 0. The minimum Gasteiger partial charge on any atom is -0.381 e. The van der Waals surface area contributed by atoms with E-state index in [1.807, 2.05) is 6.92 Å². The Morgan fingerprint density at radius 1 is 1.46 bits per heavy atom. The third-order valence-electron chi connectivity index (χ3n) is 2.76. The van der Waals surface area contributed by atoms with Gasteiger partial charge in [0.1, 0.15) is 11.7 Å². The van der Waals surface area contributed by atoms with Crippen LogP contribution in [0.2, 0.25) is 0 Å². The minimum absolute atomic E-state index is 0.229. The molecule has 0 amide bonds. The normalized spacial score (nSPS) is 36.2. The third-order valence-corrected chi connectivity index (χ3v) is 2.76. The Balaban J connectivity index is 2.68. The number of aliphatic hydroxyl groups is 2. The molecule has 1 rings (SSSR count). The summed E-state index contributed by atoms with van der Waals surface area (Å²) in [5.74, 6) is 5.67. The van der Waals surface area contributed by atoms with Crippen molar-refractivity contribution in [1.29, 1.82) is 0 Å². The Hall–Kier alpha value is -0.520. The van der Waals surface area contributed by atoms with Crippen LogP contribution < -0.4 is 0 Å². The molecule has 3 atom stereocenters. The van der Waals surface area contributed by atoms with Gasteiger partial charge in [0.05, 0.1) is 0 Å². The molecule has 0 aromatic carbocycles. The number of hydrogen-bond donors (Lipinski definition) is 2. The lowest BCUT2D eigenvalue weighted by Gasteiger charge is -2.33. The summed E-state index contributed by atoms with van der Waals surface area (Å²) < 4.78 is 0. The zero-order valence-corrected chi connectivity index (χ0v) is 8.38. The second-order valence-corrected chi connectivity index (χ2v) is 4.02. The number of hydrogen-bond acceptors (Lipinski definition) is 2. The highest BCUT2D eigenvalue weighted by molar-refractivity contribution is 5.18. The molecular weight excluding hydrogens is 164 g/mol. The molecule has 2 heteroatoms. The van der Waals surface area contributed by atoms with Gasteiger partial charge in [-0.1, -0.05) is 25.2 Å². The monoisotopic (exact) mass is 182 g/mol. The number of aliphatic hydroxyl groups excluding tert-OH is 1. The van der Waals surface area contributed by atoms with E-state index < -0.39 is 11.7 Å². The van der Waals surface area contributed by atoms with Gasteiger partial charge in [0.15, 0.2) is 0 Å². The summed E-state index contributed by atoms with van der Waals surface area (Å²) in [6.45, 7) is 3.64. The van der Waals surface area contributed by atoms with Crippen LogP contribution in [0.15, 0.2) is 0 Å². The van der Waals surface area contributed by atoms with Gasteiger partial charge in [0.2, 0.25) is 0 Å². The quantitative estimate of drug-likeness (QED) is 0.555. The van der Waals surface area contributed by atoms with E-state index in [0.717, 1.165) is 19.3 Å². The van der Waals surface area contributed by atoms with Crippen LogP contribution in [-0.4, -0.2) is 21.9 Å². The van der Waals surface area contributed by atoms with Gasteiger partial charge >= 0.3 is 0 Å². The van der Waals surface area contributed by atoms with Crippen molar-refractivity contribution in [3.63, 3.8) is 0 Å². The molecule has 0 spiro atoms. The molecule has 2 nitrogen and oxygen atoms in total. The first kappa shape index (κ1) is 10.6. The van der Waals surface area contributed by atoms with Gasteiger partial charge < -0.3 is 10.2 Å². The molecule has 0 heterocycles. The second-order valence-electron chi connectivity index (χ2n) is 4.02. The van der Waals surface area contributed by atoms with Crippen LogP contribution in [0, 0.1) is 17.8 Å². The van der Waals surface area contributed by atoms with Crippen molar-refractivity contribution < 1.29 is 10.2 Å². The lowest BCUT2D eigenvalue weighted by atomic mass is 9.77. The van der Waals surface area contributed by atoms with Crippen molar-refractivity contribution in [2.24, 2.45) is 5.92 Å². The first-order valence-electron chi connectivity index (χ1n) is 4.98. The van der Waals surface area contributed by atoms with E-state index in [2.05, 4.69) is 11.8 Å². The fraction of sp³-hybridized carbons (Fsp3) is 0.818. The lowest BCUT2D eigenvalue weighted by molar-refractivity contribution is 0.0122. The maximum atomic E-state index is 10.1. The minimum atomic E-state index is -0.852. The summed E-state index contributed by atoms with van der Waals surface area (Å²) >= 11 is 0. The Morgan fingerprint density at radius 2 is 2.15 bits per heavy atom. The van der Waals surface area contributed by atoms with Gasteiger partial charge in [0, 0.05) is 0 Å². The molecule has 2 N–H and O–H groups in total. The van der Waals surface area contributed by atoms with Crippen molar-refractivity contribution >= 4 is 0 Å². The molecule has 1 aliphatic rings. The van der Waals surface area contributed by atoms with Gasteiger partial charge in [0.25, 0.3) is 0 Å². The van der Waals surface area contributed by atoms with Crippen molar-refractivity contribution in [2.45, 2.75) is 51.2 Å². The highest BCUT2D eigenvalue weighted by Crippen LogP contribution is 2.32. The average molecular weight is 182 g/mol. The molecule has 1 aliphatic carbocycles. The van der Waals surface area contributed by atoms with Crippen LogP contribution in [0.5, 0.6) is 0 Å². The van der Waals surface area contributed by atoms with Crippen LogP contribution in [0.3, 0.4) is 0 Å². The molecule has 0 aromatic heterocycles. The number of rotatable bonds is 0. The molecule has 0 aromatic rings. The van der Waals surface area contributed by atoms with Gasteiger partial charge in [-0.25, -0.2) is 0 Å². The summed E-state index contributed by atoms with van der Waals surface area (Å²) in [7, 11) is 0. The summed E-state index contributed by atoms with van der Waals surface area (Å²) in [5, 5.41) is 19.1. The molecule has 13 heavy (non-hydrogen) atoms. The highest BCUT2D eigenvalue weighted by Gasteiger charge is 2.34. The van der Waals surface area contributed by atoms with E-state index in [-0.39, 0.29) is 5.92 Å². The maximum absolute atomic E-state index is 10.1. The van der Waals surface area contributed by atoms with E-state index in [1.165, 1.54) is 6.42 Å². The van der Waals surface area contributed by atoms with Crippen LogP contribution in [0.1, 0.15) is 39.5 Å². The van der Waals surface area contributed by atoms with Crippen LogP contribution >= 0.6 is 0 Å². The molecule has 1 fully saturated rings. The molecule has 0 bridgehead atoms. The van der Waals surface area contributed by atoms with E-state index in [4.69, 9.17) is 5.11 Å².